The standard InChI is InChI=1S/C19H35P2.C5H5.Fe/c1-14(2)20(15(3)4)16-12-11-13-17(16)21(18(5,6)7)19(8,9)10;1-2-4-5-3-1;/h11-15H,1-10H3;1-5H;/q-1;-5;. The zero-order chi connectivity index (χ0) is 20.1. The Hall–Kier alpha value is 0.0795. The normalized spacial score (nSPS) is 12.4. The molecule has 27 heavy (non-hydrogen) atoms. The molecule has 0 atom stereocenters. The quantitative estimate of drug-likeness (QED) is 0.260. The molecule has 3 heteroatoms. The first-order valence-corrected chi connectivity index (χ1v) is 12.7. The molecule has 2 aromatic carbocycles. The molecule has 0 aliphatic heterocycles. The summed E-state index contributed by atoms with van der Waals surface area (Å²) in [6.07, 6.45) is 0. The van der Waals surface area contributed by atoms with E-state index in [1.807, 2.05) is 30.3 Å². The van der Waals surface area contributed by atoms with Crippen LogP contribution in [0.25, 0.3) is 0 Å². The van der Waals surface area contributed by atoms with E-state index in [4.69, 9.17) is 0 Å². The molecular formula is C24H40FeP2-6. The Morgan fingerprint density at radius 1 is 0.778 bits per heavy atom. The van der Waals surface area contributed by atoms with Crippen LogP contribution in [0.2, 0.25) is 0 Å². The fourth-order valence-electron chi connectivity index (χ4n) is 4.01. The van der Waals surface area contributed by atoms with Crippen LogP contribution < -0.4 is 10.6 Å². The summed E-state index contributed by atoms with van der Waals surface area (Å²) in [6.45, 7) is 24.2. The van der Waals surface area contributed by atoms with Gasteiger partial charge in [-0.05, 0) is 21.6 Å². The topological polar surface area (TPSA) is 0 Å². The number of hydrogen-bond acceptors (Lipinski definition) is 0. The van der Waals surface area contributed by atoms with E-state index in [0.717, 1.165) is 11.3 Å². The molecule has 2 rings (SSSR count). The van der Waals surface area contributed by atoms with E-state index >= 15 is 0 Å². The molecule has 0 heterocycles. The van der Waals surface area contributed by atoms with Gasteiger partial charge in [-0.2, -0.15) is 6.07 Å². The van der Waals surface area contributed by atoms with Crippen molar-refractivity contribution in [3.8, 4) is 0 Å². The summed E-state index contributed by atoms with van der Waals surface area (Å²) >= 11 is 0. The van der Waals surface area contributed by atoms with Gasteiger partial charge in [-0.1, -0.05) is 77.2 Å². The largest absolute Gasteiger partial charge is 0.748 e. The first-order valence-electron chi connectivity index (χ1n) is 9.88. The van der Waals surface area contributed by atoms with Crippen LogP contribution in [0.3, 0.4) is 0 Å². The Bertz CT molecular complexity index is 570. The fraction of sp³-hybridized carbons (Fsp3) is 0.583. The Morgan fingerprint density at radius 3 is 1.44 bits per heavy atom. The summed E-state index contributed by atoms with van der Waals surface area (Å²) < 4.78 is 0. The average molecular weight is 446 g/mol. The predicted octanol–water partition coefficient (Wildman–Crippen LogP) is 7.44. The van der Waals surface area contributed by atoms with Gasteiger partial charge < -0.3 is 30.3 Å². The maximum absolute atomic E-state index is 2.43. The zero-order valence-corrected chi connectivity index (χ0v) is 21.9. The molecule has 0 amide bonds. The van der Waals surface area contributed by atoms with Crippen LogP contribution in [-0.2, 0) is 17.1 Å². The molecule has 0 saturated heterocycles. The van der Waals surface area contributed by atoms with Crippen molar-refractivity contribution in [2.45, 2.75) is 90.9 Å². The molecule has 0 unspecified atom stereocenters. The average Bonchev–Trinajstić information content (AvgIpc) is 3.10. The van der Waals surface area contributed by atoms with Crippen molar-refractivity contribution < 1.29 is 17.1 Å². The third kappa shape index (κ3) is 8.15. The van der Waals surface area contributed by atoms with Gasteiger partial charge >= 0.3 is 0 Å². The van der Waals surface area contributed by atoms with E-state index in [0.29, 0.717) is 10.3 Å². The minimum absolute atomic E-state index is 0. The third-order valence-electron chi connectivity index (χ3n) is 4.30. The number of rotatable bonds is 4. The van der Waals surface area contributed by atoms with Crippen molar-refractivity contribution in [3.05, 3.63) is 48.5 Å². The maximum Gasteiger partial charge on any atom is 0 e. The second-order valence-corrected chi connectivity index (χ2v) is 16.7. The van der Waals surface area contributed by atoms with E-state index in [2.05, 4.69) is 87.4 Å². The van der Waals surface area contributed by atoms with Crippen molar-refractivity contribution in [3.63, 3.8) is 0 Å². The third-order valence-corrected chi connectivity index (χ3v) is 11.2. The summed E-state index contributed by atoms with van der Waals surface area (Å²) in [5, 5.41) is 4.07. The zero-order valence-electron chi connectivity index (χ0n) is 19.0. The molecule has 160 valence electrons. The minimum Gasteiger partial charge on any atom is -0.748 e. The van der Waals surface area contributed by atoms with Crippen LogP contribution >= 0.6 is 15.8 Å². The molecule has 0 aliphatic carbocycles. The number of hydrogen-bond donors (Lipinski definition) is 0. The summed E-state index contributed by atoms with van der Waals surface area (Å²) in [7, 11) is -0.255. The van der Waals surface area contributed by atoms with Crippen LogP contribution in [0.5, 0.6) is 0 Å². The van der Waals surface area contributed by atoms with Crippen LogP contribution in [-0.4, -0.2) is 21.6 Å². The first kappa shape index (κ1) is 27.1. The van der Waals surface area contributed by atoms with Crippen LogP contribution in [0.4, 0.5) is 0 Å². The molecule has 0 spiro atoms. The molecule has 0 aliphatic rings. The maximum atomic E-state index is 2.43. The first-order chi connectivity index (χ1) is 11.9. The van der Waals surface area contributed by atoms with Crippen molar-refractivity contribution in [2.75, 3.05) is 0 Å². The van der Waals surface area contributed by atoms with E-state index in [1.54, 1.807) is 10.6 Å². The SMILES string of the molecule is CC(C)P([c-]1cccc1P(C(C)(C)C)C(C)(C)C)C(C)C.[Fe].[cH-]1[cH-][cH-][cH-][cH-]1. The van der Waals surface area contributed by atoms with E-state index in [9.17, 15) is 0 Å². The second-order valence-electron chi connectivity index (χ2n) is 9.53. The van der Waals surface area contributed by atoms with Crippen molar-refractivity contribution in [1.29, 1.82) is 0 Å². The monoisotopic (exact) mass is 446 g/mol. The van der Waals surface area contributed by atoms with Crippen molar-refractivity contribution >= 4 is 26.5 Å². The van der Waals surface area contributed by atoms with Gasteiger partial charge in [-0.15, -0.1) is 18.5 Å². The summed E-state index contributed by atoms with van der Waals surface area (Å²) in [5.74, 6) is 0. The van der Waals surface area contributed by atoms with E-state index < -0.39 is 0 Å². The van der Waals surface area contributed by atoms with Gasteiger partial charge in [-0.25, -0.2) is 12.1 Å². The van der Waals surface area contributed by atoms with Crippen molar-refractivity contribution in [2.24, 2.45) is 0 Å². The molecule has 0 radical (unpaired) electrons. The predicted molar refractivity (Wildman–Crippen MR) is 127 cm³/mol. The summed E-state index contributed by atoms with van der Waals surface area (Å²) in [5.41, 5.74) is 1.52. The van der Waals surface area contributed by atoms with Gasteiger partial charge in [0.15, 0.2) is 0 Å². The van der Waals surface area contributed by atoms with Crippen LogP contribution in [0.15, 0.2) is 48.5 Å². The van der Waals surface area contributed by atoms with E-state index in [1.165, 1.54) is 0 Å². The second kappa shape index (κ2) is 11.3. The van der Waals surface area contributed by atoms with Gasteiger partial charge in [0, 0.05) is 17.1 Å². The Balaban J connectivity index is 0.000000969. The fourth-order valence-corrected chi connectivity index (χ4v) is 11.6. The smallest absolute Gasteiger partial charge is 0 e. The Kier molecular flexibility index (Phi) is 11.3. The van der Waals surface area contributed by atoms with Gasteiger partial charge in [0.2, 0.25) is 0 Å². The molecule has 0 bridgehead atoms. The summed E-state index contributed by atoms with van der Waals surface area (Å²) in [4.78, 5) is 0. The molecular weight excluding hydrogens is 406 g/mol. The van der Waals surface area contributed by atoms with E-state index in [-0.39, 0.29) is 32.9 Å². The van der Waals surface area contributed by atoms with Crippen LogP contribution in [0, 0.1) is 0 Å². The summed E-state index contributed by atoms with van der Waals surface area (Å²) in [6, 6.07) is 17.2. The molecule has 0 nitrogen and oxygen atoms in total. The van der Waals surface area contributed by atoms with Gasteiger partial charge in [0.05, 0.1) is 0 Å². The minimum atomic E-state index is -0.187. The molecule has 2 aromatic rings. The molecule has 0 fully saturated rings. The molecule has 0 saturated carbocycles. The molecule has 0 aromatic heterocycles. The van der Waals surface area contributed by atoms with Gasteiger partial charge in [-0.3, -0.25) is 0 Å². The van der Waals surface area contributed by atoms with Crippen LogP contribution in [0.1, 0.15) is 69.2 Å². The van der Waals surface area contributed by atoms with Gasteiger partial charge in [0.1, 0.15) is 0 Å². The Labute approximate surface area is 182 Å². The van der Waals surface area contributed by atoms with Crippen molar-refractivity contribution in [1.82, 2.24) is 0 Å². The Morgan fingerprint density at radius 2 is 1.15 bits per heavy atom. The van der Waals surface area contributed by atoms with Gasteiger partial charge in [0.25, 0.3) is 0 Å². The molecule has 0 N–H and O–H groups in total.